The second-order valence-electron chi connectivity index (χ2n) is 6.76. The predicted molar refractivity (Wildman–Crippen MR) is 91.5 cm³/mol. The first-order chi connectivity index (χ1) is 11.8. The Bertz CT molecular complexity index is 714. The number of piperidine rings is 1. The Morgan fingerprint density at radius 1 is 1.16 bits per heavy atom. The van der Waals surface area contributed by atoms with Crippen LogP contribution < -0.4 is 4.74 Å². The summed E-state index contributed by atoms with van der Waals surface area (Å²) >= 11 is 0. The first kappa shape index (κ1) is 18.1. The highest BCUT2D eigenvalue weighted by atomic mass is 32.2. The van der Waals surface area contributed by atoms with Gasteiger partial charge in [0.15, 0.2) is 0 Å². The van der Waals surface area contributed by atoms with E-state index in [4.69, 9.17) is 4.74 Å². The zero-order valence-corrected chi connectivity index (χ0v) is 15.4. The molecule has 9 heteroatoms. The fraction of sp³-hybridized carbons (Fsp3) is 0.688. The molecule has 0 saturated carbocycles. The first-order valence-corrected chi connectivity index (χ1v) is 10.4. The number of nitrogens with zero attached hydrogens (tertiary/aromatic N) is 4. The molecule has 0 aromatic carbocycles. The molecule has 1 aromatic heterocycles. The van der Waals surface area contributed by atoms with Gasteiger partial charge in [-0.05, 0) is 25.8 Å². The van der Waals surface area contributed by atoms with E-state index in [1.54, 1.807) is 6.07 Å². The van der Waals surface area contributed by atoms with Crippen LogP contribution in [0.1, 0.15) is 25.0 Å². The van der Waals surface area contributed by atoms with Crippen LogP contribution in [-0.2, 0) is 14.8 Å². The highest BCUT2D eigenvalue weighted by Gasteiger charge is 2.35. The van der Waals surface area contributed by atoms with E-state index in [0.29, 0.717) is 44.9 Å². The lowest BCUT2D eigenvalue weighted by molar-refractivity contribution is -0.135. The third kappa shape index (κ3) is 4.46. The van der Waals surface area contributed by atoms with Crippen molar-refractivity contribution in [1.29, 1.82) is 0 Å². The van der Waals surface area contributed by atoms with Crippen LogP contribution in [0, 0.1) is 12.8 Å². The summed E-state index contributed by atoms with van der Waals surface area (Å²) in [5, 5.41) is 7.96. The van der Waals surface area contributed by atoms with Crippen molar-refractivity contribution in [1.82, 2.24) is 19.4 Å². The van der Waals surface area contributed by atoms with E-state index in [1.807, 2.05) is 17.9 Å². The lowest BCUT2D eigenvalue weighted by atomic mass is 9.97. The SMILES string of the molecule is Cc1ccc(O[C@@H]2CCN(C(=O)C3CCN(S(C)(=O)=O)CC3)C2)nn1. The summed E-state index contributed by atoms with van der Waals surface area (Å²) in [6.45, 7) is 3.90. The highest BCUT2D eigenvalue weighted by molar-refractivity contribution is 7.88. The van der Waals surface area contributed by atoms with Gasteiger partial charge in [-0.3, -0.25) is 4.79 Å². The molecule has 0 bridgehead atoms. The Hall–Kier alpha value is -1.74. The minimum absolute atomic E-state index is 0.0722. The monoisotopic (exact) mass is 368 g/mol. The molecule has 8 nitrogen and oxygen atoms in total. The van der Waals surface area contributed by atoms with Gasteiger partial charge in [0.1, 0.15) is 6.10 Å². The summed E-state index contributed by atoms with van der Waals surface area (Å²) in [5.41, 5.74) is 0.830. The predicted octanol–water partition coefficient (Wildman–Crippen LogP) is 0.436. The van der Waals surface area contributed by atoms with E-state index in [0.717, 1.165) is 12.1 Å². The van der Waals surface area contributed by atoms with E-state index >= 15 is 0 Å². The normalized spacial score (nSPS) is 23.0. The van der Waals surface area contributed by atoms with Gasteiger partial charge in [-0.25, -0.2) is 12.7 Å². The quantitative estimate of drug-likeness (QED) is 0.765. The van der Waals surface area contributed by atoms with Crippen molar-refractivity contribution in [3.63, 3.8) is 0 Å². The summed E-state index contributed by atoms with van der Waals surface area (Å²) in [7, 11) is -3.16. The van der Waals surface area contributed by atoms with Crippen molar-refractivity contribution >= 4 is 15.9 Å². The number of aromatic nitrogens is 2. The maximum absolute atomic E-state index is 12.7. The number of amides is 1. The van der Waals surface area contributed by atoms with E-state index in [9.17, 15) is 13.2 Å². The molecular formula is C16H24N4O4S. The van der Waals surface area contributed by atoms with Crippen LogP contribution in [0.3, 0.4) is 0 Å². The molecule has 2 aliphatic rings. The molecule has 0 unspecified atom stereocenters. The standard InChI is InChI=1S/C16H24N4O4S/c1-12-3-4-15(18-17-12)24-14-7-8-19(11-14)16(21)13-5-9-20(10-6-13)25(2,22)23/h3-4,13-14H,5-11H2,1-2H3/t14-/m1/s1. The van der Waals surface area contributed by atoms with E-state index < -0.39 is 10.0 Å². The van der Waals surface area contributed by atoms with Crippen molar-refractivity contribution in [2.75, 3.05) is 32.4 Å². The molecule has 1 amide bonds. The second kappa shape index (κ2) is 7.25. The van der Waals surface area contributed by atoms with Gasteiger partial charge < -0.3 is 9.64 Å². The van der Waals surface area contributed by atoms with Crippen LogP contribution in [0.25, 0.3) is 0 Å². The molecule has 2 fully saturated rings. The number of carbonyl (C=O) groups excluding carboxylic acids is 1. The zero-order chi connectivity index (χ0) is 18.0. The van der Waals surface area contributed by atoms with Crippen molar-refractivity contribution < 1.29 is 17.9 Å². The third-order valence-electron chi connectivity index (χ3n) is 4.79. The summed E-state index contributed by atoms with van der Waals surface area (Å²) < 4.78 is 30.4. The Morgan fingerprint density at radius 2 is 1.88 bits per heavy atom. The van der Waals surface area contributed by atoms with Gasteiger partial charge in [-0.15, -0.1) is 5.10 Å². The fourth-order valence-corrected chi connectivity index (χ4v) is 4.21. The summed E-state index contributed by atoms with van der Waals surface area (Å²) in [6.07, 6.45) is 3.07. The molecule has 138 valence electrons. The smallest absolute Gasteiger partial charge is 0.233 e. The number of likely N-dealkylation sites (tertiary alicyclic amines) is 1. The average molecular weight is 368 g/mol. The minimum Gasteiger partial charge on any atom is -0.471 e. The molecule has 1 aromatic rings. The minimum atomic E-state index is -3.16. The van der Waals surface area contributed by atoms with Gasteiger partial charge in [-0.1, -0.05) is 0 Å². The van der Waals surface area contributed by atoms with E-state index in [-0.39, 0.29) is 17.9 Å². The molecule has 2 saturated heterocycles. The number of aryl methyl sites for hydroxylation is 1. The molecule has 0 N–H and O–H groups in total. The van der Waals surface area contributed by atoms with Crippen LogP contribution >= 0.6 is 0 Å². The molecule has 3 heterocycles. The van der Waals surface area contributed by atoms with Crippen molar-refractivity contribution in [2.24, 2.45) is 5.92 Å². The average Bonchev–Trinajstić information content (AvgIpc) is 3.04. The van der Waals surface area contributed by atoms with Crippen molar-refractivity contribution in [2.45, 2.75) is 32.3 Å². The maximum Gasteiger partial charge on any atom is 0.233 e. The van der Waals surface area contributed by atoms with Gasteiger partial charge in [0.2, 0.25) is 21.8 Å². The number of ether oxygens (including phenoxy) is 1. The Balaban J connectivity index is 1.50. The number of hydrogen-bond acceptors (Lipinski definition) is 6. The first-order valence-electron chi connectivity index (χ1n) is 8.54. The van der Waals surface area contributed by atoms with Crippen LogP contribution in [0.15, 0.2) is 12.1 Å². The van der Waals surface area contributed by atoms with E-state index in [2.05, 4.69) is 10.2 Å². The molecule has 25 heavy (non-hydrogen) atoms. The van der Waals surface area contributed by atoms with Crippen LogP contribution in [0.4, 0.5) is 0 Å². The van der Waals surface area contributed by atoms with Crippen molar-refractivity contribution in [3.05, 3.63) is 17.8 Å². The highest BCUT2D eigenvalue weighted by Crippen LogP contribution is 2.24. The summed E-state index contributed by atoms with van der Waals surface area (Å²) in [5.74, 6) is 0.483. The van der Waals surface area contributed by atoms with E-state index in [1.165, 1.54) is 10.6 Å². The third-order valence-corrected chi connectivity index (χ3v) is 6.09. The second-order valence-corrected chi connectivity index (χ2v) is 8.74. The molecule has 0 radical (unpaired) electrons. The molecule has 3 rings (SSSR count). The van der Waals surface area contributed by atoms with Gasteiger partial charge >= 0.3 is 0 Å². The van der Waals surface area contributed by atoms with Gasteiger partial charge in [0.05, 0.1) is 18.5 Å². The van der Waals surface area contributed by atoms with Crippen molar-refractivity contribution in [3.8, 4) is 5.88 Å². The molecule has 0 spiro atoms. The summed E-state index contributed by atoms with van der Waals surface area (Å²) in [4.78, 5) is 14.5. The summed E-state index contributed by atoms with van der Waals surface area (Å²) in [6, 6.07) is 3.63. The molecular weight excluding hydrogens is 344 g/mol. The largest absolute Gasteiger partial charge is 0.471 e. The lowest BCUT2D eigenvalue weighted by Gasteiger charge is -2.31. The Kier molecular flexibility index (Phi) is 5.24. The van der Waals surface area contributed by atoms with Gasteiger partial charge in [-0.2, -0.15) is 5.10 Å². The van der Waals surface area contributed by atoms with Crippen LogP contribution in [0.2, 0.25) is 0 Å². The van der Waals surface area contributed by atoms with Crippen LogP contribution in [-0.4, -0.2) is 72.3 Å². The number of rotatable bonds is 4. The van der Waals surface area contributed by atoms with Gasteiger partial charge in [0, 0.05) is 38.0 Å². The maximum atomic E-state index is 12.7. The molecule has 0 aliphatic carbocycles. The number of hydrogen-bond donors (Lipinski definition) is 0. The molecule has 1 atom stereocenters. The zero-order valence-electron chi connectivity index (χ0n) is 14.6. The molecule has 2 aliphatic heterocycles. The number of sulfonamides is 1. The van der Waals surface area contributed by atoms with Crippen LogP contribution in [0.5, 0.6) is 5.88 Å². The van der Waals surface area contributed by atoms with Gasteiger partial charge in [0.25, 0.3) is 0 Å². The number of carbonyl (C=O) groups is 1. The lowest BCUT2D eigenvalue weighted by Crippen LogP contribution is -2.43. The topological polar surface area (TPSA) is 92.7 Å². The Labute approximate surface area is 148 Å². The fourth-order valence-electron chi connectivity index (χ4n) is 3.34. The Morgan fingerprint density at radius 3 is 2.48 bits per heavy atom.